The minimum absolute atomic E-state index is 0.0936. The average molecular weight is 338 g/mol. The van der Waals surface area contributed by atoms with E-state index in [1.165, 1.54) is 7.11 Å². The second-order valence-electron chi connectivity index (χ2n) is 5.44. The van der Waals surface area contributed by atoms with Crippen molar-refractivity contribution in [2.24, 2.45) is 5.16 Å². The molecule has 24 heavy (non-hydrogen) atoms. The molecule has 0 bridgehead atoms. The molecule has 0 radical (unpaired) electrons. The van der Waals surface area contributed by atoms with Crippen LogP contribution in [0.4, 0.5) is 0 Å². The summed E-state index contributed by atoms with van der Waals surface area (Å²) >= 11 is 6.10. The van der Waals surface area contributed by atoms with Crippen LogP contribution in [0.3, 0.4) is 0 Å². The number of benzene rings is 3. The number of hydrogen-bond donors (Lipinski definition) is 0. The molecule has 3 rings (SSSR count). The van der Waals surface area contributed by atoms with Gasteiger partial charge in [-0.25, -0.2) is 0 Å². The Labute approximate surface area is 145 Å². The molecule has 4 heteroatoms. The average Bonchev–Trinajstić information content (AvgIpc) is 2.60. The number of ketones is 1. The number of carbonyl (C=O) groups is 1. The predicted molar refractivity (Wildman–Crippen MR) is 98.1 cm³/mol. The van der Waals surface area contributed by atoms with Gasteiger partial charge in [0.1, 0.15) is 7.11 Å². The zero-order valence-corrected chi connectivity index (χ0v) is 14.2. The van der Waals surface area contributed by atoms with Crippen LogP contribution in [-0.4, -0.2) is 18.6 Å². The Morgan fingerprint density at radius 1 is 0.958 bits per heavy atom. The van der Waals surface area contributed by atoms with Crippen molar-refractivity contribution in [2.75, 3.05) is 7.11 Å². The second kappa shape index (κ2) is 6.85. The van der Waals surface area contributed by atoms with E-state index in [-0.39, 0.29) is 5.78 Å². The molecule has 0 unspecified atom stereocenters. The SMILES string of the molecule is CO/N=C(/C)c1ccc(Cl)cc1C(=O)c1ccc2ccccc2c1. The standard InChI is InChI=1S/C20H16ClNO2/c1-13(22-24-2)18-10-9-17(21)12-19(18)20(23)16-8-7-14-5-3-4-6-15(14)11-16/h3-12H,1-2H3/b22-13-. The van der Waals surface area contributed by atoms with Gasteiger partial charge in [0.25, 0.3) is 0 Å². The lowest BCUT2D eigenvalue weighted by Crippen LogP contribution is -2.09. The summed E-state index contributed by atoms with van der Waals surface area (Å²) in [5, 5.41) is 6.56. The van der Waals surface area contributed by atoms with E-state index in [1.807, 2.05) is 42.5 Å². The van der Waals surface area contributed by atoms with Crippen molar-refractivity contribution in [3.8, 4) is 0 Å². The van der Waals surface area contributed by atoms with Crippen LogP contribution in [0.15, 0.2) is 65.8 Å². The van der Waals surface area contributed by atoms with Crippen molar-refractivity contribution in [3.63, 3.8) is 0 Å². The van der Waals surface area contributed by atoms with Crippen molar-refractivity contribution in [3.05, 3.63) is 82.4 Å². The van der Waals surface area contributed by atoms with E-state index in [1.54, 1.807) is 25.1 Å². The van der Waals surface area contributed by atoms with E-state index in [4.69, 9.17) is 16.4 Å². The lowest BCUT2D eigenvalue weighted by molar-refractivity contribution is 0.103. The van der Waals surface area contributed by atoms with Gasteiger partial charge in [0.2, 0.25) is 0 Å². The van der Waals surface area contributed by atoms with Gasteiger partial charge in [0.15, 0.2) is 5.78 Å². The molecule has 120 valence electrons. The molecule has 0 saturated carbocycles. The van der Waals surface area contributed by atoms with Crippen LogP contribution >= 0.6 is 11.6 Å². The fourth-order valence-corrected chi connectivity index (χ4v) is 2.86. The van der Waals surface area contributed by atoms with Crippen molar-refractivity contribution in [1.82, 2.24) is 0 Å². The van der Waals surface area contributed by atoms with E-state index in [0.717, 1.165) is 10.8 Å². The molecule has 0 amide bonds. The van der Waals surface area contributed by atoms with Gasteiger partial charge in [-0.3, -0.25) is 4.79 Å². The van der Waals surface area contributed by atoms with Crippen molar-refractivity contribution >= 4 is 33.9 Å². The van der Waals surface area contributed by atoms with Gasteiger partial charge in [-0.1, -0.05) is 59.2 Å². The molecule has 0 aromatic heterocycles. The fourth-order valence-electron chi connectivity index (χ4n) is 2.69. The number of hydrogen-bond acceptors (Lipinski definition) is 3. The summed E-state index contributed by atoms with van der Waals surface area (Å²) in [6.45, 7) is 1.80. The molecule has 0 aliphatic carbocycles. The molecule has 3 aromatic rings. The van der Waals surface area contributed by atoms with Crippen LogP contribution in [0.1, 0.15) is 28.4 Å². The highest BCUT2D eigenvalue weighted by Gasteiger charge is 2.16. The zero-order chi connectivity index (χ0) is 17.1. The van der Waals surface area contributed by atoms with Gasteiger partial charge in [-0.15, -0.1) is 0 Å². The Morgan fingerprint density at radius 2 is 1.71 bits per heavy atom. The summed E-state index contributed by atoms with van der Waals surface area (Å²) in [6.07, 6.45) is 0. The van der Waals surface area contributed by atoms with Crippen LogP contribution < -0.4 is 0 Å². The van der Waals surface area contributed by atoms with Gasteiger partial charge >= 0.3 is 0 Å². The third-order valence-electron chi connectivity index (χ3n) is 3.86. The highest BCUT2D eigenvalue weighted by atomic mass is 35.5. The first kappa shape index (κ1) is 16.2. The van der Waals surface area contributed by atoms with Crippen LogP contribution in [0.2, 0.25) is 5.02 Å². The van der Waals surface area contributed by atoms with E-state index in [9.17, 15) is 4.79 Å². The van der Waals surface area contributed by atoms with E-state index < -0.39 is 0 Å². The number of halogens is 1. The van der Waals surface area contributed by atoms with Crippen LogP contribution in [0.5, 0.6) is 0 Å². The molecule has 0 heterocycles. The van der Waals surface area contributed by atoms with Gasteiger partial charge in [-0.2, -0.15) is 0 Å². The lowest BCUT2D eigenvalue weighted by atomic mass is 9.95. The highest BCUT2D eigenvalue weighted by Crippen LogP contribution is 2.23. The number of rotatable bonds is 4. The van der Waals surface area contributed by atoms with Gasteiger partial charge in [-0.05, 0) is 35.9 Å². The third-order valence-corrected chi connectivity index (χ3v) is 4.09. The van der Waals surface area contributed by atoms with Crippen LogP contribution in [0.25, 0.3) is 10.8 Å². The maximum absolute atomic E-state index is 13.0. The molecule has 0 fully saturated rings. The van der Waals surface area contributed by atoms with E-state index >= 15 is 0 Å². The largest absolute Gasteiger partial charge is 0.399 e. The van der Waals surface area contributed by atoms with Crippen molar-refractivity contribution in [1.29, 1.82) is 0 Å². The third kappa shape index (κ3) is 3.17. The normalized spacial score (nSPS) is 11.5. The summed E-state index contributed by atoms with van der Waals surface area (Å²) < 4.78 is 0. The Balaban J connectivity index is 2.11. The monoisotopic (exact) mass is 337 g/mol. The molecule has 0 aliphatic heterocycles. The number of oxime groups is 1. The Bertz CT molecular complexity index is 947. The summed E-state index contributed by atoms with van der Waals surface area (Å²) in [7, 11) is 1.48. The quantitative estimate of drug-likeness (QED) is 0.377. The summed E-state index contributed by atoms with van der Waals surface area (Å²) in [5.74, 6) is -0.0936. The molecule has 3 aromatic carbocycles. The molecular formula is C20H16ClNO2. The van der Waals surface area contributed by atoms with E-state index in [0.29, 0.717) is 27.4 Å². The fraction of sp³-hybridized carbons (Fsp3) is 0.100. The van der Waals surface area contributed by atoms with Crippen LogP contribution in [-0.2, 0) is 4.84 Å². The minimum atomic E-state index is -0.0936. The first-order chi connectivity index (χ1) is 11.6. The molecular weight excluding hydrogens is 322 g/mol. The predicted octanol–water partition coefficient (Wildman–Crippen LogP) is 5.09. The molecule has 0 N–H and O–H groups in total. The lowest BCUT2D eigenvalue weighted by Gasteiger charge is -2.10. The van der Waals surface area contributed by atoms with Crippen LogP contribution in [0, 0.1) is 0 Å². The Hall–Kier alpha value is -2.65. The molecule has 0 aliphatic rings. The molecule has 0 spiro atoms. The molecule has 0 saturated heterocycles. The number of nitrogens with zero attached hydrogens (tertiary/aromatic N) is 1. The Morgan fingerprint density at radius 3 is 2.46 bits per heavy atom. The molecule has 3 nitrogen and oxygen atoms in total. The zero-order valence-electron chi connectivity index (χ0n) is 13.4. The topological polar surface area (TPSA) is 38.7 Å². The Kier molecular flexibility index (Phi) is 4.63. The minimum Gasteiger partial charge on any atom is -0.399 e. The summed E-state index contributed by atoms with van der Waals surface area (Å²) in [5.41, 5.74) is 2.45. The van der Waals surface area contributed by atoms with E-state index in [2.05, 4.69) is 5.16 Å². The number of carbonyl (C=O) groups excluding carboxylic acids is 1. The maximum Gasteiger partial charge on any atom is 0.193 e. The molecule has 0 atom stereocenters. The number of fused-ring (bicyclic) bond motifs is 1. The van der Waals surface area contributed by atoms with Crippen molar-refractivity contribution in [2.45, 2.75) is 6.92 Å². The first-order valence-corrected chi connectivity index (χ1v) is 7.89. The second-order valence-corrected chi connectivity index (χ2v) is 5.88. The smallest absolute Gasteiger partial charge is 0.193 e. The summed E-state index contributed by atoms with van der Waals surface area (Å²) in [6, 6.07) is 18.8. The van der Waals surface area contributed by atoms with Gasteiger partial charge < -0.3 is 4.84 Å². The highest BCUT2D eigenvalue weighted by molar-refractivity contribution is 6.31. The first-order valence-electron chi connectivity index (χ1n) is 7.51. The van der Waals surface area contributed by atoms with Gasteiger partial charge in [0, 0.05) is 21.7 Å². The maximum atomic E-state index is 13.0. The van der Waals surface area contributed by atoms with Crippen molar-refractivity contribution < 1.29 is 9.63 Å². The summed E-state index contributed by atoms with van der Waals surface area (Å²) in [4.78, 5) is 17.8. The van der Waals surface area contributed by atoms with Gasteiger partial charge in [0.05, 0.1) is 5.71 Å².